The van der Waals surface area contributed by atoms with Crippen molar-refractivity contribution in [2.75, 3.05) is 52.1 Å². The zero-order valence-corrected chi connectivity index (χ0v) is 21.9. The van der Waals surface area contributed by atoms with Gasteiger partial charge in [-0.3, -0.25) is 9.89 Å². The van der Waals surface area contributed by atoms with Gasteiger partial charge in [0, 0.05) is 26.2 Å². The first kappa shape index (κ1) is 26.4. The molecule has 3 rings (SSSR count). The Morgan fingerprint density at radius 2 is 1.90 bits per heavy atom. The molecule has 2 aliphatic rings. The third kappa shape index (κ3) is 8.21. The van der Waals surface area contributed by atoms with E-state index in [1.807, 2.05) is 12.1 Å². The van der Waals surface area contributed by atoms with Gasteiger partial charge in [0.05, 0.1) is 25.1 Å². The molecule has 1 aromatic rings. The summed E-state index contributed by atoms with van der Waals surface area (Å²) in [6, 6.07) is 4.15. The highest BCUT2D eigenvalue weighted by molar-refractivity contribution is 14.0. The van der Waals surface area contributed by atoms with E-state index in [0.29, 0.717) is 25.6 Å². The molecule has 0 aliphatic carbocycles. The molecule has 0 radical (unpaired) electrons. The van der Waals surface area contributed by atoms with Crippen molar-refractivity contribution in [2.24, 2.45) is 10.9 Å². The average Bonchev–Trinajstić information content (AvgIpc) is 3.27. The smallest absolute Gasteiger partial charge is 0.211 e. The lowest BCUT2D eigenvalue weighted by Crippen LogP contribution is -2.44. The van der Waals surface area contributed by atoms with Gasteiger partial charge in [0.1, 0.15) is 5.76 Å². The molecule has 1 unspecified atom stereocenters. The first-order valence-electron chi connectivity index (χ1n) is 11.2. The number of nitrogens with zero attached hydrogens (tertiary/aromatic N) is 3. The third-order valence-corrected chi connectivity index (χ3v) is 7.37. The van der Waals surface area contributed by atoms with Gasteiger partial charge in [0.15, 0.2) is 5.96 Å². The van der Waals surface area contributed by atoms with E-state index in [4.69, 9.17) is 9.41 Å². The number of halogens is 1. The van der Waals surface area contributed by atoms with E-state index in [1.54, 1.807) is 10.6 Å². The second-order valence-electron chi connectivity index (χ2n) is 8.33. The minimum atomic E-state index is -3.08. The molecule has 0 amide bonds. The summed E-state index contributed by atoms with van der Waals surface area (Å²) < 4.78 is 30.7. The number of nitrogens with one attached hydrogen (secondary N) is 2. The van der Waals surface area contributed by atoms with Crippen LogP contribution in [0.1, 0.15) is 50.8 Å². The Morgan fingerprint density at radius 1 is 1.19 bits per heavy atom. The average molecular weight is 568 g/mol. The standard InChI is InChI=1S/C21H37N5O3S.HI/c1-3-22-21(23-16-18-9-13-26(14-10-18)30(2,27)28)24-17-19(20-8-7-15-29-20)25-11-5-4-6-12-25;/h7-8,15,18-19H,3-6,9-14,16-17H2,1-2H3,(H2,22,23,24);1H. The highest BCUT2D eigenvalue weighted by atomic mass is 127. The normalized spacial score (nSPS) is 20.8. The van der Waals surface area contributed by atoms with Gasteiger partial charge >= 0.3 is 0 Å². The Kier molecular flexibility index (Phi) is 11.1. The van der Waals surface area contributed by atoms with Crippen molar-refractivity contribution in [3.05, 3.63) is 24.2 Å². The number of sulfonamides is 1. The highest BCUT2D eigenvalue weighted by Crippen LogP contribution is 2.25. The van der Waals surface area contributed by atoms with Gasteiger partial charge in [-0.25, -0.2) is 12.7 Å². The zero-order valence-electron chi connectivity index (χ0n) is 18.8. The Morgan fingerprint density at radius 3 is 2.48 bits per heavy atom. The molecule has 8 nitrogen and oxygen atoms in total. The quantitative estimate of drug-likeness (QED) is 0.285. The number of hydrogen-bond donors (Lipinski definition) is 2. The van der Waals surface area contributed by atoms with Gasteiger partial charge in [0.25, 0.3) is 0 Å². The van der Waals surface area contributed by atoms with Crippen LogP contribution in [0.15, 0.2) is 27.8 Å². The molecule has 178 valence electrons. The van der Waals surface area contributed by atoms with E-state index in [-0.39, 0.29) is 30.0 Å². The van der Waals surface area contributed by atoms with Crippen LogP contribution >= 0.6 is 24.0 Å². The summed E-state index contributed by atoms with van der Waals surface area (Å²) in [6.07, 6.45) is 8.54. The third-order valence-electron chi connectivity index (χ3n) is 6.07. The van der Waals surface area contributed by atoms with Crippen molar-refractivity contribution in [3.8, 4) is 0 Å². The molecular formula is C21H38IN5O3S. The lowest BCUT2D eigenvalue weighted by atomic mass is 9.98. The van der Waals surface area contributed by atoms with Gasteiger partial charge in [-0.15, -0.1) is 24.0 Å². The first-order valence-corrected chi connectivity index (χ1v) is 13.1. The Labute approximate surface area is 204 Å². The Bertz CT molecular complexity index is 758. The van der Waals surface area contributed by atoms with Crippen LogP contribution in [0.25, 0.3) is 0 Å². The predicted molar refractivity (Wildman–Crippen MR) is 135 cm³/mol. The monoisotopic (exact) mass is 567 g/mol. The summed E-state index contributed by atoms with van der Waals surface area (Å²) in [5.74, 6) is 2.25. The SMILES string of the molecule is CCNC(=NCC(c1ccco1)N1CCCCC1)NCC1CCN(S(C)(=O)=O)CC1.I. The van der Waals surface area contributed by atoms with E-state index in [0.717, 1.165) is 50.7 Å². The fourth-order valence-electron chi connectivity index (χ4n) is 4.30. The number of likely N-dealkylation sites (tertiary alicyclic amines) is 1. The zero-order chi connectivity index (χ0) is 21.4. The fourth-order valence-corrected chi connectivity index (χ4v) is 5.18. The fraction of sp³-hybridized carbons (Fsp3) is 0.762. The first-order chi connectivity index (χ1) is 14.5. The minimum absolute atomic E-state index is 0. The van der Waals surface area contributed by atoms with Gasteiger partial charge in [-0.05, 0) is 63.7 Å². The van der Waals surface area contributed by atoms with Crippen molar-refractivity contribution in [1.29, 1.82) is 0 Å². The summed E-state index contributed by atoms with van der Waals surface area (Å²) in [4.78, 5) is 7.35. The van der Waals surface area contributed by atoms with Gasteiger partial charge < -0.3 is 15.1 Å². The summed E-state index contributed by atoms with van der Waals surface area (Å²) in [6.45, 7) is 7.70. The van der Waals surface area contributed by atoms with Crippen LogP contribution in [0.4, 0.5) is 0 Å². The van der Waals surface area contributed by atoms with Crippen LogP contribution in [0, 0.1) is 5.92 Å². The molecule has 31 heavy (non-hydrogen) atoms. The summed E-state index contributed by atoms with van der Waals surface area (Å²) in [5.41, 5.74) is 0. The lowest BCUT2D eigenvalue weighted by molar-refractivity contribution is 0.150. The second kappa shape index (κ2) is 13.0. The van der Waals surface area contributed by atoms with Gasteiger partial charge in [0.2, 0.25) is 10.0 Å². The molecule has 2 fully saturated rings. The topological polar surface area (TPSA) is 90.2 Å². The maximum atomic E-state index is 11.7. The molecule has 2 saturated heterocycles. The lowest BCUT2D eigenvalue weighted by Gasteiger charge is -2.33. The number of rotatable bonds is 8. The number of furan rings is 1. The molecule has 0 aromatic carbocycles. The van der Waals surface area contributed by atoms with E-state index in [9.17, 15) is 8.42 Å². The molecule has 0 bridgehead atoms. The molecule has 0 saturated carbocycles. The van der Waals surface area contributed by atoms with Crippen molar-refractivity contribution in [3.63, 3.8) is 0 Å². The Balaban J connectivity index is 0.00000341. The minimum Gasteiger partial charge on any atom is -0.468 e. The van der Waals surface area contributed by atoms with E-state index >= 15 is 0 Å². The number of guanidine groups is 1. The van der Waals surface area contributed by atoms with Crippen molar-refractivity contribution < 1.29 is 12.8 Å². The van der Waals surface area contributed by atoms with E-state index < -0.39 is 10.0 Å². The Hall–Kier alpha value is -0.850. The summed E-state index contributed by atoms with van der Waals surface area (Å²) >= 11 is 0. The molecular weight excluding hydrogens is 529 g/mol. The highest BCUT2D eigenvalue weighted by Gasteiger charge is 2.26. The molecule has 1 atom stereocenters. The van der Waals surface area contributed by atoms with Crippen molar-refractivity contribution >= 4 is 40.0 Å². The van der Waals surface area contributed by atoms with Gasteiger partial charge in [-0.1, -0.05) is 6.42 Å². The molecule has 2 aliphatic heterocycles. The second-order valence-corrected chi connectivity index (χ2v) is 10.3. The number of piperidine rings is 2. The van der Waals surface area contributed by atoms with Crippen LogP contribution in [0.5, 0.6) is 0 Å². The van der Waals surface area contributed by atoms with Crippen LogP contribution in [0.2, 0.25) is 0 Å². The van der Waals surface area contributed by atoms with Crippen molar-refractivity contribution in [2.45, 2.75) is 45.1 Å². The van der Waals surface area contributed by atoms with Crippen LogP contribution in [-0.4, -0.2) is 75.7 Å². The molecule has 10 heteroatoms. The van der Waals surface area contributed by atoms with E-state index in [1.165, 1.54) is 25.5 Å². The maximum Gasteiger partial charge on any atom is 0.211 e. The van der Waals surface area contributed by atoms with Gasteiger partial charge in [-0.2, -0.15) is 0 Å². The number of hydrogen-bond acceptors (Lipinski definition) is 5. The maximum absolute atomic E-state index is 11.7. The molecule has 1 aromatic heterocycles. The molecule has 3 heterocycles. The molecule has 2 N–H and O–H groups in total. The van der Waals surface area contributed by atoms with Crippen LogP contribution in [-0.2, 0) is 10.0 Å². The van der Waals surface area contributed by atoms with Crippen LogP contribution < -0.4 is 10.6 Å². The van der Waals surface area contributed by atoms with Crippen LogP contribution in [0.3, 0.4) is 0 Å². The van der Waals surface area contributed by atoms with Crippen molar-refractivity contribution in [1.82, 2.24) is 19.8 Å². The summed E-state index contributed by atoms with van der Waals surface area (Å²) in [5, 5.41) is 6.81. The summed E-state index contributed by atoms with van der Waals surface area (Å²) in [7, 11) is -3.08. The predicted octanol–water partition coefficient (Wildman–Crippen LogP) is 2.65. The van der Waals surface area contributed by atoms with E-state index in [2.05, 4.69) is 22.5 Å². The number of aliphatic imine (C=N–C) groups is 1. The largest absolute Gasteiger partial charge is 0.468 e. The molecule has 0 spiro atoms.